The fourth-order valence-corrected chi connectivity index (χ4v) is 3.02. The van der Waals surface area contributed by atoms with Crippen LogP contribution >= 0.6 is 0 Å². The second-order valence-electron chi connectivity index (χ2n) is 6.35. The second kappa shape index (κ2) is 8.12. The van der Waals surface area contributed by atoms with Gasteiger partial charge in [0.25, 0.3) is 11.8 Å². The minimum Gasteiger partial charge on any atom is -0.364 e. The Labute approximate surface area is 152 Å². The van der Waals surface area contributed by atoms with Gasteiger partial charge < -0.3 is 21.1 Å². The van der Waals surface area contributed by atoms with E-state index in [9.17, 15) is 9.59 Å². The first-order chi connectivity index (χ1) is 12.6. The lowest BCUT2D eigenvalue weighted by molar-refractivity contribution is -0.126. The predicted octanol–water partition coefficient (Wildman–Crippen LogP) is 2.69. The predicted molar refractivity (Wildman–Crippen MR) is 101 cm³/mol. The Bertz CT molecular complexity index is 792. The van der Waals surface area contributed by atoms with Crippen molar-refractivity contribution in [2.24, 2.45) is 5.73 Å². The molecule has 1 aliphatic heterocycles. The number of carbonyl (C=O) groups is 2. The molecule has 4 N–H and O–H groups in total. The van der Waals surface area contributed by atoms with Gasteiger partial charge in [-0.25, -0.2) is 0 Å². The average Bonchev–Trinajstić information content (AvgIpc) is 3.13. The fourth-order valence-electron chi connectivity index (χ4n) is 3.02. The van der Waals surface area contributed by atoms with Crippen LogP contribution in [0.3, 0.4) is 0 Å². The Morgan fingerprint density at radius 3 is 2.54 bits per heavy atom. The first kappa shape index (κ1) is 18.1. The molecular formula is C20H23N3O3. The van der Waals surface area contributed by atoms with Crippen molar-refractivity contribution >= 4 is 23.2 Å². The standard InChI is InChI=1S/C20H23N3O3/c1-13-16(19(24)22-14-6-3-2-4-7-14)8-5-9-17(13)23-20(25)18-11-10-15(12-21)26-18/h2-9,15,18H,10-12,21H2,1H3,(H,22,24)(H,23,25)/t15-,18+/m1/s1. The summed E-state index contributed by atoms with van der Waals surface area (Å²) >= 11 is 0. The molecule has 2 aromatic rings. The number of hydrogen-bond donors (Lipinski definition) is 3. The summed E-state index contributed by atoms with van der Waals surface area (Å²) in [5, 5.41) is 5.73. The summed E-state index contributed by atoms with van der Waals surface area (Å²) in [5.41, 5.74) is 8.14. The van der Waals surface area contributed by atoms with Crippen molar-refractivity contribution in [3.63, 3.8) is 0 Å². The monoisotopic (exact) mass is 353 g/mol. The average molecular weight is 353 g/mol. The first-order valence-electron chi connectivity index (χ1n) is 8.71. The van der Waals surface area contributed by atoms with Crippen LogP contribution in [-0.4, -0.2) is 30.6 Å². The molecule has 0 unspecified atom stereocenters. The number of amides is 2. The summed E-state index contributed by atoms with van der Waals surface area (Å²) in [6.07, 6.45) is 0.883. The maximum Gasteiger partial charge on any atom is 0.256 e. The van der Waals surface area contributed by atoms with Crippen molar-refractivity contribution in [2.45, 2.75) is 32.0 Å². The number of nitrogens with two attached hydrogens (primary N) is 1. The van der Waals surface area contributed by atoms with Crippen LogP contribution < -0.4 is 16.4 Å². The van der Waals surface area contributed by atoms with Gasteiger partial charge in [0.15, 0.2) is 0 Å². The van der Waals surface area contributed by atoms with Crippen molar-refractivity contribution in [1.29, 1.82) is 0 Å². The van der Waals surface area contributed by atoms with E-state index in [0.717, 1.165) is 12.1 Å². The van der Waals surface area contributed by atoms with Gasteiger partial charge in [0.2, 0.25) is 0 Å². The number of anilines is 2. The zero-order valence-electron chi connectivity index (χ0n) is 14.7. The summed E-state index contributed by atoms with van der Waals surface area (Å²) in [6, 6.07) is 14.5. The maximum absolute atomic E-state index is 12.5. The molecule has 2 amide bonds. The van der Waals surface area contributed by atoms with Crippen molar-refractivity contribution in [2.75, 3.05) is 17.2 Å². The van der Waals surface area contributed by atoms with E-state index in [1.54, 1.807) is 18.2 Å². The fraction of sp³-hybridized carbons (Fsp3) is 0.300. The van der Waals surface area contributed by atoms with Crippen LogP contribution in [0.1, 0.15) is 28.8 Å². The van der Waals surface area contributed by atoms with Crippen LogP contribution in [-0.2, 0) is 9.53 Å². The van der Waals surface area contributed by atoms with E-state index in [1.807, 2.05) is 37.3 Å². The van der Waals surface area contributed by atoms with Gasteiger partial charge in [-0.05, 0) is 49.6 Å². The van der Waals surface area contributed by atoms with Gasteiger partial charge in [0.1, 0.15) is 6.10 Å². The summed E-state index contributed by atoms with van der Waals surface area (Å²) < 4.78 is 5.62. The highest BCUT2D eigenvalue weighted by atomic mass is 16.5. The number of rotatable bonds is 5. The second-order valence-corrected chi connectivity index (χ2v) is 6.35. The highest BCUT2D eigenvalue weighted by molar-refractivity contribution is 6.07. The Kier molecular flexibility index (Phi) is 5.65. The minimum absolute atomic E-state index is 0.0603. The third-order valence-electron chi connectivity index (χ3n) is 4.53. The Hall–Kier alpha value is -2.70. The topological polar surface area (TPSA) is 93.5 Å². The minimum atomic E-state index is -0.496. The number of para-hydroxylation sites is 1. The van der Waals surface area contributed by atoms with E-state index in [-0.39, 0.29) is 17.9 Å². The van der Waals surface area contributed by atoms with E-state index in [4.69, 9.17) is 10.5 Å². The molecule has 1 aliphatic rings. The lowest BCUT2D eigenvalue weighted by Gasteiger charge is -2.16. The van der Waals surface area contributed by atoms with Crippen LogP contribution in [0, 0.1) is 6.92 Å². The lowest BCUT2D eigenvalue weighted by atomic mass is 10.1. The smallest absolute Gasteiger partial charge is 0.256 e. The molecule has 0 spiro atoms. The molecule has 6 heteroatoms. The molecule has 3 rings (SSSR count). The lowest BCUT2D eigenvalue weighted by Crippen LogP contribution is -2.30. The molecule has 1 saturated heterocycles. The normalized spacial score (nSPS) is 19.2. The van der Waals surface area contributed by atoms with Gasteiger partial charge >= 0.3 is 0 Å². The van der Waals surface area contributed by atoms with Crippen molar-refractivity contribution in [3.05, 3.63) is 59.7 Å². The summed E-state index contributed by atoms with van der Waals surface area (Å²) in [5.74, 6) is -0.422. The highest BCUT2D eigenvalue weighted by Gasteiger charge is 2.30. The molecule has 1 fully saturated rings. The summed E-state index contributed by atoms with van der Waals surface area (Å²) in [4.78, 5) is 25.0. The molecule has 2 aromatic carbocycles. The van der Waals surface area contributed by atoms with Crippen LogP contribution in [0.2, 0.25) is 0 Å². The number of hydrogen-bond acceptors (Lipinski definition) is 4. The van der Waals surface area contributed by atoms with E-state index in [1.165, 1.54) is 0 Å². The largest absolute Gasteiger partial charge is 0.364 e. The molecule has 0 aromatic heterocycles. The summed E-state index contributed by atoms with van der Waals surface area (Å²) in [7, 11) is 0. The quantitative estimate of drug-likeness (QED) is 0.770. The number of ether oxygens (including phenoxy) is 1. The van der Waals surface area contributed by atoms with Gasteiger partial charge in [-0.3, -0.25) is 9.59 Å². The van der Waals surface area contributed by atoms with Crippen molar-refractivity contribution in [1.82, 2.24) is 0 Å². The van der Waals surface area contributed by atoms with Gasteiger partial charge in [-0.1, -0.05) is 24.3 Å². The van der Waals surface area contributed by atoms with Gasteiger partial charge in [0, 0.05) is 23.5 Å². The van der Waals surface area contributed by atoms with E-state index in [0.29, 0.717) is 29.8 Å². The zero-order chi connectivity index (χ0) is 18.5. The molecule has 6 nitrogen and oxygen atoms in total. The molecule has 2 atom stereocenters. The third-order valence-corrected chi connectivity index (χ3v) is 4.53. The van der Waals surface area contributed by atoms with Crippen LogP contribution in [0.5, 0.6) is 0 Å². The van der Waals surface area contributed by atoms with Gasteiger partial charge in [-0.15, -0.1) is 0 Å². The zero-order valence-corrected chi connectivity index (χ0v) is 14.7. The molecule has 0 bridgehead atoms. The Balaban J connectivity index is 1.71. The highest BCUT2D eigenvalue weighted by Crippen LogP contribution is 2.24. The van der Waals surface area contributed by atoms with Crippen LogP contribution in [0.4, 0.5) is 11.4 Å². The SMILES string of the molecule is Cc1c(NC(=O)[C@@H]2CC[C@H](CN)O2)cccc1C(=O)Nc1ccccc1. The molecule has 0 saturated carbocycles. The molecule has 0 radical (unpaired) electrons. The van der Waals surface area contributed by atoms with Crippen molar-refractivity contribution in [3.8, 4) is 0 Å². The maximum atomic E-state index is 12.5. The van der Waals surface area contributed by atoms with E-state index < -0.39 is 6.10 Å². The number of benzene rings is 2. The third kappa shape index (κ3) is 4.09. The number of nitrogens with one attached hydrogen (secondary N) is 2. The molecule has 26 heavy (non-hydrogen) atoms. The first-order valence-corrected chi connectivity index (χ1v) is 8.71. The molecule has 0 aliphatic carbocycles. The molecule has 1 heterocycles. The van der Waals surface area contributed by atoms with Crippen LogP contribution in [0.25, 0.3) is 0 Å². The van der Waals surface area contributed by atoms with Crippen LogP contribution in [0.15, 0.2) is 48.5 Å². The van der Waals surface area contributed by atoms with E-state index >= 15 is 0 Å². The molecular weight excluding hydrogens is 330 g/mol. The Morgan fingerprint density at radius 2 is 1.85 bits per heavy atom. The summed E-state index contributed by atoms with van der Waals surface area (Å²) in [6.45, 7) is 2.23. The Morgan fingerprint density at radius 1 is 1.08 bits per heavy atom. The van der Waals surface area contributed by atoms with E-state index in [2.05, 4.69) is 10.6 Å². The van der Waals surface area contributed by atoms with Crippen molar-refractivity contribution < 1.29 is 14.3 Å². The van der Waals surface area contributed by atoms with Gasteiger partial charge in [-0.2, -0.15) is 0 Å². The molecule has 136 valence electrons. The van der Waals surface area contributed by atoms with Gasteiger partial charge in [0.05, 0.1) is 6.10 Å². The number of carbonyl (C=O) groups excluding carboxylic acids is 2.